The Morgan fingerprint density at radius 1 is 0.350 bits per heavy atom. The van der Waals surface area contributed by atoms with Crippen LogP contribution in [0, 0.1) is 52.8 Å². The fourth-order valence-electron chi connectivity index (χ4n) is 13.1. The fourth-order valence-corrected chi connectivity index (χ4v) is 13.1. The van der Waals surface area contributed by atoms with Crippen molar-refractivity contribution in [1.29, 1.82) is 0 Å². The molecule has 0 aliphatic rings. The molecule has 0 saturated heterocycles. The molecule has 13 aromatic rings. The molecule has 6 aromatic heterocycles. The Hall–Kier alpha value is -9.81. The molecule has 3 radical (unpaired) electrons. The molecule has 0 amide bonds. The van der Waals surface area contributed by atoms with E-state index < -0.39 is 0 Å². The molecule has 0 aliphatic carbocycles. The van der Waals surface area contributed by atoms with Gasteiger partial charge in [0.05, 0.1) is 17.3 Å². The second-order valence-electron chi connectivity index (χ2n) is 35.4. The van der Waals surface area contributed by atoms with Crippen molar-refractivity contribution in [1.82, 2.24) is 15.0 Å². The molecule has 0 atom stereocenters. The van der Waals surface area contributed by atoms with Crippen molar-refractivity contribution in [2.75, 3.05) is 0 Å². The first-order valence-electron chi connectivity index (χ1n) is 40.0. The van der Waals surface area contributed by atoms with Gasteiger partial charge in [0.15, 0.2) is 17.3 Å². The van der Waals surface area contributed by atoms with E-state index in [1.165, 1.54) is 115 Å². The zero-order valence-electron chi connectivity index (χ0n) is 74.8. The number of fused-ring (bicyclic) bond motifs is 3. The number of nitrogens with zero attached hydrogens (tertiary/aromatic N) is 3. The predicted octanol–water partition coefficient (Wildman–Crippen LogP) is 28.6. The van der Waals surface area contributed by atoms with E-state index in [4.69, 9.17) is 43.5 Å². The number of aromatic nitrogens is 3. The number of aliphatic hydroxyl groups is 3. The van der Waals surface area contributed by atoms with Gasteiger partial charge in [-0.25, -0.2) is 0 Å². The van der Waals surface area contributed by atoms with Gasteiger partial charge in [0.25, 0.3) is 0 Å². The largest absolute Gasteiger partial charge is 0.512 e. The number of aryl methyl sites for hydroxylation is 5. The standard InChI is InChI=1S/C32H30NO.C30H34NO.C28H30NO.3C5H8O2.3Ir/c1-20-14-25(16-27(15-20)32(4,5)6)28-18-30-26(19-33-28)17-29(34-30)23-10-12-24(13-11-23)31-21(2)8-7-9-22(31)3;1-18(2)21-11-22(19(3)4)13-24(12-21)28-15-25-17-31-27(16-29(25)32-28)23-9-20(5)10-26(14-23)30(6,7)8;1-18-12-20(14-23(13-18)28(5,6)7)24-16-26-21(17-29-24)15-25(30-26)19-8-10-22(11-9-19)27(2,3)4;3*1-4(6)3-5(2)7;;;/h7-13,15-19H,1-6H3;10-19H,1-8H3;8-11,13-17H,1-7H3;3*3,6H,1-2H3;;;/q3*-1;;;;;;. The van der Waals surface area contributed by atoms with Gasteiger partial charge >= 0.3 is 0 Å². The first-order valence-corrected chi connectivity index (χ1v) is 40.0. The molecule has 0 bridgehead atoms. The molecular weight excluding hydrogens is 2020 g/mol. The van der Waals surface area contributed by atoms with E-state index in [0.29, 0.717) is 11.8 Å². The summed E-state index contributed by atoms with van der Waals surface area (Å²) in [4.78, 5) is 44.2. The summed E-state index contributed by atoms with van der Waals surface area (Å²) in [5, 5.41) is 28.1. The average molecular weight is 2140 g/mol. The van der Waals surface area contributed by atoms with Crippen molar-refractivity contribution in [3.05, 3.63) is 291 Å². The first kappa shape index (κ1) is 101. The van der Waals surface area contributed by atoms with Gasteiger partial charge in [-0.15, -0.1) is 105 Å². The Morgan fingerprint density at radius 2 is 0.625 bits per heavy atom. The van der Waals surface area contributed by atoms with Gasteiger partial charge in [-0.1, -0.05) is 204 Å². The summed E-state index contributed by atoms with van der Waals surface area (Å²) in [7, 11) is 0. The minimum absolute atomic E-state index is 0. The third kappa shape index (κ3) is 29.0. The van der Waals surface area contributed by atoms with Crippen LogP contribution in [0.5, 0.6) is 0 Å². The third-order valence-electron chi connectivity index (χ3n) is 19.4. The summed E-state index contributed by atoms with van der Waals surface area (Å²) in [5.41, 5.74) is 28.2. The number of pyridine rings is 3. The molecule has 12 nitrogen and oxygen atoms in total. The molecular formula is C105H118Ir3N3O9-3. The van der Waals surface area contributed by atoms with E-state index in [-0.39, 0.29) is 117 Å². The number of rotatable bonds is 12. The number of furan rings is 3. The summed E-state index contributed by atoms with van der Waals surface area (Å²) in [6, 6.07) is 66.5. The van der Waals surface area contributed by atoms with Crippen molar-refractivity contribution in [3.63, 3.8) is 0 Å². The summed E-state index contributed by atoms with van der Waals surface area (Å²) >= 11 is 0. The van der Waals surface area contributed by atoms with Crippen LogP contribution in [0.25, 0.3) is 112 Å². The number of hydrogen-bond acceptors (Lipinski definition) is 12. The molecule has 13 rings (SSSR count). The van der Waals surface area contributed by atoms with Crippen LogP contribution in [0.4, 0.5) is 0 Å². The molecule has 0 unspecified atom stereocenters. The second-order valence-corrected chi connectivity index (χ2v) is 35.4. The van der Waals surface area contributed by atoms with Gasteiger partial charge in [0.2, 0.25) is 0 Å². The van der Waals surface area contributed by atoms with E-state index in [9.17, 15) is 14.4 Å². The number of ketones is 3. The Kier molecular flexibility index (Phi) is 36.2. The molecule has 0 aliphatic heterocycles. The first-order chi connectivity index (χ1) is 54.6. The number of hydrogen-bond donors (Lipinski definition) is 3. The maximum atomic E-state index is 10.0. The van der Waals surface area contributed by atoms with Crippen LogP contribution >= 0.6 is 0 Å². The van der Waals surface area contributed by atoms with Gasteiger partial charge in [-0.2, -0.15) is 0 Å². The topological polar surface area (TPSA) is 190 Å². The zero-order valence-corrected chi connectivity index (χ0v) is 81.9. The van der Waals surface area contributed by atoms with E-state index >= 15 is 0 Å². The number of carbonyl (C=O) groups is 3. The van der Waals surface area contributed by atoms with E-state index in [2.05, 4.69) is 303 Å². The monoisotopic (exact) mass is 2140 g/mol. The van der Waals surface area contributed by atoms with Crippen molar-refractivity contribution in [3.8, 4) is 78.9 Å². The van der Waals surface area contributed by atoms with Gasteiger partial charge in [0, 0.05) is 130 Å². The summed E-state index contributed by atoms with van der Waals surface area (Å²) in [5.74, 6) is 3.37. The summed E-state index contributed by atoms with van der Waals surface area (Å²) < 4.78 is 18.9. The maximum absolute atomic E-state index is 10.0. The molecule has 15 heteroatoms. The fraction of sp³-hybridized carbons (Fsp3) is 0.314. The molecule has 0 saturated carbocycles. The molecule has 637 valence electrons. The average Bonchev–Trinajstić information content (AvgIpc) is 1.64. The Labute approximate surface area is 753 Å². The molecule has 6 heterocycles. The van der Waals surface area contributed by atoms with Crippen LogP contribution in [-0.4, -0.2) is 47.6 Å². The van der Waals surface area contributed by atoms with Crippen LogP contribution in [-0.2, 0) is 96.4 Å². The minimum Gasteiger partial charge on any atom is -0.512 e. The third-order valence-corrected chi connectivity index (χ3v) is 19.4. The molecule has 3 N–H and O–H groups in total. The van der Waals surface area contributed by atoms with Crippen molar-refractivity contribution < 1.29 is 103 Å². The zero-order chi connectivity index (χ0) is 86.5. The number of allylic oxidation sites excluding steroid dienone is 6. The van der Waals surface area contributed by atoms with Crippen LogP contribution in [0.3, 0.4) is 0 Å². The molecule has 0 fully saturated rings. The molecule has 120 heavy (non-hydrogen) atoms. The quantitative estimate of drug-likeness (QED) is 0.0597. The predicted molar refractivity (Wildman–Crippen MR) is 484 cm³/mol. The van der Waals surface area contributed by atoms with Crippen molar-refractivity contribution >= 4 is 50.3 Å². The smallest absolute Gasteiger partial charge is 0.155 e. The van der Waals surface area contributed by atoms with E-state index in [1.807, 2.05) is 36.8 Å². The van der Waals surface area contributed by atoms with Crippen LogP contribution in [0.2, 0.25) is 0 Å². The summed E-state index contributed by atoms with van der Waals surface area (Å²) in [6.07, 6.45) is 9.21. The number of carbonyl (C=O) groups excluding carboxylic acids is 3. The Morgan fingerprint density at radius 3 is 0.883 bits per heavy atom. The van der Waals surface area contributed by atoms with E-state index in [1.54, 1.807) is 0 Å². The van der Waals surface area contributed by atoms with Gasteiger partial charge < -0.3 is 43.5 Å². The Balaban J connectivity index is 0.000000282. The molecule has 7 aromatic carbocycles. The Bertz CT molecular complexity index is 5670. The SMILES string of the molecule is CC(=O)C=C(C)O.CC(=O)C=C(C)O.CC(=O)C=C(C)O.Cc1[c-]c(-c2cc3oc(-c4cc(C(C)C)cc(C(C)C)c4)cc3cn2)cc(C(C)(C)C)c1.Cc1[c-]c(-c2cc3oc(-c4ccc(-c5c(C)cccc5C)cc4)cc3cn2)cc(C(C)(C)C)c1.Cc1[c-]c(-c2cc3oc(-c4ccc(C(C)(C)C)cc4)cc3cn2)cc(C(C)(C)C)c1.[Ir].[Ir].[Ir]. The van der Waals surface area contributed by atoms with Gasteiger partial charge in [-0.05, 0) is 193 Å². The number of benzene rings is 7. The van der Waals surface area contributed by atoms with Crippen LogP contribution < -0.4 is 0 Å². The molecule has 0 spiro atoms. The van der Waals surface area contributed by atoms with E-state index in [0.717, 1.165) is 117 Å². The van der Waals surface area contributed by atoms with Gasteiger partial charge in [0.1, 0.15) is 34.0 Å². The van der Waals surface area contributed by atoms with Crippen LogP contribution in [0.15, 0.2) is 225 Å². The summed E-state index contributed by atoms with van der Waals surface area (Å²) in [6.45, 7) is 54.8. The second kappa shape index (κ2) is 43.1. The van der Waals surface area contributed by atoms with Crippen LogP contribution in [0.1, 0.15) is 225 Å². The van der Waals surface area contributed by atoms with Crippen molar-refractivity contribution in [2.45, 2.75) is 220 Å². The van der Waals surface area contributed by atoms with Gasteiger partial charge in [-0.3, -0.25) is 14.4 Å². The minimum atomic E-state index is -0.125. The number of aliphatic hydroxyl groups excluding tert-OH is 3. The normalized spacial score (nSPS) is 11.8. The maximum Gasteiger partial charge on any atom is 0.155 e. The van der Waals surface area contributed by atoms with Crippen molar-refractivity contribution in [2.24, 2.45) is 0 Å².